The van der Waals surface area contributed by atoms with E-state index in [9.17, 15) is 19.8 Å². The first-order valence-electron chi connectivity index (χ1n) is 29.7. The van der Waals surface area contributed by atoms with Gasteiger partial charge in [0.2, 0.25) is 5.91 Å². The number of esters is 1. The molecule has 67 heavy (non-hydrogen) atoms. The van der Waals surface area contributed by atoms with Crippen LogP contribution in [-0.2, 0) is 14.3 Å². The standard InChI is InChI=1S/C61H115NO5/c1-3-5-7-9-11-13-15-17-19-22-27-31-35-39-43-47-51-55-61(66)67-56-52-48-44-40-36-32-28-24-21-20-23-26-30-34-38-42-46-50-54-60(65)62-58(57-63)59(64)53-49-45-41-37-33-29-25-18-16-14-12-10-8-6-4-2/h11,13,17,19,23,26,58-59,63-64H,3-10,12,14-16,18,20-22,24-25,27-57H2,1-2H3,(H,62,65)/b13-11-,19-17-,26-23-. The van der Waals surface area contributed by atoms with Crippen molar-refractivity contribution in [3.8, 4) is 0 Å². The van der Waals surface area contributed by atoms with Crippen molar-refractivity contribution >= 4 is 11.9 Å². The van der Waals surface area contributed by atoms with Crippen molar-refractivity contribution in [3.63, 3.8) is 0 Å². The van der Waals surface area contributed by atoms with E-state index in [2.05, 4.69) is 55.6 Å². The summed E-state index contributed by atoms with van der Waals surface area (Å²) in [5.74, 6) is -0.0534. The predicted molar refractivity (Wildman–Crippen MR) is 292 cm³/mol. The van der Waals surface area contributed by atoms with Crippen molar-refractivity contribution in [1.29, 1.82) is 0 Å². The number of aliphatic hydroxyl groups is 2. The van der Waals surface area contributed by atoms with E-state index in [-0.39, 0.29) is 18.5 Å². The average Bonchev–Trinajstić information content (AvgIpc) is 3.33. The summed E-state index contributed by atoms with van der Waals surface area (Å²) in [6.45, 7) is 4.92. The van der Waals surface area contributed by atoms with Crippen molar-refractivity contribution in [2.24, 2.45) is 0 Å². The van der Waals surface area contributed by atoms with Crippen molar-refractivity contribution in [1.82, 2.24) is 5.32 Å². The van der Waals surface area contributed by atoms with Crippen LogP contribution in [-0.4, -0.2) is 47.4 Å². The van der Waals surface area contributed by atoms with Crippen LogP contribution >= 0.6 is 0 Å². The Hall–Kier alpha value is -1.92. The van der Waals surface area contributed by atoms with Gasteiger partial charge in [0.05, 0.1) is 25.4 Å². The molecule has 0 heterocycles. The maximum Gasteiger partial charge on any atom is 0.305 e. The van der Waals surface area contributed by atoms with Crippen LogP contribution in [0.4, 0.5) is 0 Å². The molecule has 0 fully saturated rings. The summed E-state index contributed by atoms with van der Waals surface area (Å²) in [5, 5.41) is 23.3. The van der Waals surface area contributed by atoms with Gasteiger partial charge < -0.3 is 20.3 Å². The molecule has 6 heteroatoms. The number of carbonyl (C=O) groups excluding carboxylic acids is 2. The molecule has 3 N–H and O–H groups in total. The molecular weight excluding hydrogens is 827 g/mol. The first-order chi connectivity index (χ1) is 33.0. The van der Waals surface area contributed by atoms with Crippen LogP contribution in [0.3, 0.4) is 0 Å². The van der Waals surface area contributed by atoms with Crippen LogP contribution in [0.5, 0.6) is 0 Å². The minimum Gasteiger partial charge on any atom is -0.466 e. The smallest absolute Gasteiger partial charge is 0.305 e. The second-order valence-corrected chi connectivity index (χ2v) is 20.3. The van der Waals surface area contributed by atoms with Crippen LogP contribution in [0.1, 0.15) is 316 Å². The van der Waals surface area contributed by atoms with Gasteiger partial charge in [-0.25, -0.2) is 0 Å². The summed E-state index contributed by atoms with van der Waals surface area (Å²) in [5.41, 5.74) is 0. The molecule has 0 aliphatic heterocycles. The molecule has 6 nitrogen and oxygen atoms in total. The highest BCUT2D eigenvalue weighted by molar-refractivity contribution is 5.76. The number of allylic oxidation sites excluding steroid dienone is 6. The normalized spacial score (nSPS) is 12.8. The van der Waals surface area contributed by atoms with E-state index < -0.39 is 12.1 Å². The number of rotatable bonds is 55. The zero-order valence-corrected chi connectivity index (χ0v) is 44.9. The fourth-order valence-corrected chi connectivity index (χ4v) is 9.08. The lowest BCUT2D eigenvalue weighted by atomic mass is 10.0. The molecule has 2 atom stereocenters. The highest BCUT2D eigenvalue weighted by Crippen LogP contribution is 2.17. The Morgan fingerprint density at radius 2 is 0.746 bits per heavy atom. The van der Waals surface area contributed by atoms with Crippen LogP contribution < -0.4 is 5.32 Å². The van der Waals surface area contributed by atoms with Gasteiger partial charge in [0.25, 0.3) is 0 Å². The van der Waals surface area contributed by atoms with Crippen molar-refractivity contribution in [2.75, 3.05) is 13.2 Å². The highest BCUT2D eigenvalue weighted by Gasteiger charge is 2.20. The SMILES string of the molecule is CCCCC/C=C\C/C=C\CCCCCCCCCC(=O)OCCCCCCCCCCC/C=C\CCCCCCCC(=O)NC(CO)C(O)CCCCCCCCCCCCCCCCC. The van der Waals surface area contributed by atoms with Gasteiger partial charge in [-0.2, -0.15) is 0 Å². The van der Waals surface area contributed by atoms with E-state index >= 15 is 0 Å². The Kier molecular flexibility index (Phi) is 55.0. The predicted octanol–water partition coefficient (Wildman–Crippen LogP) is 18.4. The molecule has 0 rings (SSSR count). The molecule has 0 aromatic carbocycles. The van der Waals surface area contributed by atoms with E-state index in [1.54, 1.807) is 0 Å². The molecule has 394 valence electrons. The lowest BCUT2D eigenvalue weighted by Gasteiger charge is -2.22. The van der Waals surface area contributed by atoms with Crippen LogP contribution in [0.2, 0.25) is 0 Å². The number of unbranched alkanes of at least 4 members (excludes halogenated alkanes) is 38. The Balaban J connectivity index is 3.45. The second-order valence-electron chi connectivity index (χ2n) is 20.3. The number of aliphatic hydroxyl groups excluding tert-OH is 2. The zero-order chi connectivity index (χ0) is 48.6. The monoisotopic (exact) mass is 942 g/mol. The summed E-state index contributed by atoms with van der Waals surface area (Å²) in [6, 6.07) is -0.552. The van der Waals surface area contributed by atoms with Gasteiger partial charge in [-0.15, -0.1) is 0 Å². The summed E-state index contributed by atoms with van der Waals surface area (Å²) >= 11 is 0. The molecule has 2 unspecified atom stereocenters. The zero-order valence-electron chi connectivity index (χ0n) is 44.9. The Morgan fingerprint density at radius 1 is 0.418 bits per heavy atom. The number of nitrogens with one attached hydrogen (secondary N) is 1. The summed E-state index contributed by atoms with van der Waals surface area (Å²) < 4.78 is 5.48. The summed E-state index contributed by atoms with van der Waals surface area (Å²) in [7, 11) is 0. The Bertz CT molecular complexity index is 1090. The maximum absolute atomic E-state index is 12.5. The van der Waals surface area contributed by atoms with Crippen LogP contribution in [0.15, 0.2) is 36.5 Å². The number of amides is 1. The van der Waals surface area contributed by atoms with E-state index in [0.717, 1.165) is 64.2 Å². The number of ether oxygens (including phenoxy) is 1. The average molecular weight is 943 g/mol. The highest BCUT2D eigenvalue weighted by atomic mass is 16.5. The fourth-order valence-electron chi connectivity index (χ4n) is 9.08. The third-order valence-corrected chi connectivity index (χ3v) is 13.7. The van der Waals surface area contributed by atoms with E-state index in [1.807, 2.05) is 0 Å². The van der Waals surface area contributed by atoms with Gasteiger partial charge in [0.1, 0.15) is 0 Å². The molecule has 0 aliphatic rings. The lowest BCUT2D eigenvalue weighted by molar-refractivity contribution is -0.143. The summed E-state index contributed by atoms with van der Waals surface area (Å²) in [6.07, 6.45) is 69.9. The van der Waals surface area contributed by atoms with Crippen molar-refractivity contribution < 1.29 is 24.5 Å². The quantitative estimate of drug-likeness (QED) is 0.0321. The number of hydrogen-bond acceptors (Lipinski definition) is 5. The molecule has 0 saturated carbocycles. The minimum atomic E-state index is -0.673. The minimum absolute atomic E-state index is 0.00476. The Morgan fingerprint density at radius 3 is 1.18 bits per heavy atom. The molecule has 0 bridgehead atoms. The third kappa shape index (κ3) is 53.3. The van der Waals surface area contributed by atoms with Crippen molar-refractivity contribution in [2.45, 2.75) is 328 Å². The fraction of sp³-hybridized carbons (Fsp3) is 0.869. The van der Waals surface area contributed by atoms with Crippen LogP contribution in [0.25, 0.3) is 0 Å². The Labute approximate surface area is 417 Å². The second kappa shape index (κ2) is 56.7. The van der Waals surface area contributed by atoms with Crippen molar-refractivity contribution in [3.05, 3.63) is 36.5 Å². The van der Waals surface area contributed by atoms with Gasteiger partial charge in [-0.3, -0.25) is 9.59 Å². The first-order valence-corrected chi connectivity index (χ1v) is 29.7. The largest absolute Gasteiger partial charge is 0.466 e. The van der Waals surface area contributed by atoms with E-state index in [4.69, 9.17) is 4.74 Å². The maximum atomic E-state index is 12.5. The molecular formula is C61H115NO5. The molecule has 0 radical (unpaired) electrons. The molecule has 0 aromatic rings. The van der Waals surface area contributed by atoms with Gasteiger partial charge in [0.15, 0.2) is 0 Å². The molecule has 0 aromatic heterocycles. The molecule has 0 spiro atoms. The molecule has 0 aliphatic carbocycles. The topological polar surface area (TPSA) is 95.9 Å². The number of carbonyl (C=O) groups is 2. The third-order valence-electron chi connectivity index (χ3n) is 13.7. The van der Waals surface area contributed by atoms with E-state index in [1.165, 1.54) is 218 Å². The van der Waals surface area contributed by atoms with Gasteiger partial charge in [-0.05, 0) is 83.5 Å². The number of hydrogen-bond donors (Lipinski definition) is 3. The summed E-state index contributed by atoms with van der Waals surface area (Å²) in [4.78, 5) is 24.5. The van der Waals surface area contributed by atoms with Gasteiger partial charge in [-0.1, -0.05) is 256 Å². The molecule has 1 amide bonds. The lowest BCUT2D eigenvalue weighted by Crippen LogP contribution is -2.45. The van der Waals surface area contributed by atoms with Gasteiger partial charge >= 0.3 is 5.97 Å². The van der Waals surface area contributed by atoms with E-state index in [0.29, 0.717) is 25.9 Å². The van der Waals surface area contributed by atoms with Gasteiger partial charge in [0, 0.05) is 12.8 Å². The first kappa shape index (κ1) is 65.1. The molecule has 0 saturated heterocycles. The van der Waals surface area contributed by atoms with Crippen LogP contribution in [0, 0.1) is 0 Å².